The van der Waals surface area contributed by atoms with Crippen LogP contribution in [0.25, 0.3) is 0 Å². The smallest absolute Gasteiger partial charge is 0.122 e. The first kappa shape index (κ1) is 15.7. The van der Waals surface area contributed by atoms with Crippen molar-refractivity contribution in [1.29, 1.82) is 0 Å². The monoisotopic (exact) mass is 295 g/mol. The highest BCUT2D eigenvalue weighted by Gasteiger charge is 2.32. The largest absolute Gasteiger partial charge is 0.496 e. The molecule has 1 aromatic carbocycles. The Hall–Kier alpha value is -0.730. The Morgan fingerprint density at radius 2 is 2.05 bits per heavy atom. The highest BCUT2D eigenvalue weighted by Crippen LogP contribution is 2.36. The highest BCUT2D eigenvalue weighted by molar-refractivity contribution is 6.30. The number of benzene rings is 1. The summed E-state index contributed by atoms with van der Waals surface area (Å²) in [6.45, 7) is 2.27. The van der Waals surface area contributed by atoms with Crippen LogP contribution >= 0.6 is 11.6 Å². The fourth-order valence-corrected chi connectivity index (χ4v) is 3.59. The zero-order valence-corrected chi connectivity index (χ0v) is 13.4. The second-order valence-corrected chi connectivity index (χ2v) is 6.66. The van der Waals surface area contributed by atoms with Crippen molar-refractivity contribution >= 4 is 11.6 Å². The Labute approximate surface area is 127 Å². The molecule has 20 heavy (non-hydrogen) atoms. The summed E-state index contributed by atoms with van der Waals surface area (Å²) in [6, 6.07) is 5.79. The predicted octanol–water partition coefficient (Wildman–Crippen LogP) is 4.58. The molecule has 0 amide bonds. The maximum absolute atomic E-state index is 6.62. The fraction of sp³-hybridized carbons (Fsp3) is 0.647. The minimum Gasteiger partial charge on any atom is -0.496 e. The molecule has 1 aromatic rings. The number of nitrogens with two attached hydrogens (primary N) is 1. The van der Waals surface area contributed by atoms with Gasteiger partial charge < -0.3 is 10.5 Å². The molecule has 0 radical (unpaired) electrons. The minimum absolute atomic E-state index is 0.0950. The number of ether oxygens (including phenoxy) is 1. The van der Waals surface area contributed by atoms with Gasteiger partial charge >= 0.3 is 0 Å². The van der Waals surface area contributed by atoms with Crippen LogP contribution in [0.3, 0.4) is 0 Å². The van der Waals surface area contributed by atoms with Crippen LogP contribution in [0.5, 0.6) is 5.75 Å². The van der Waals surface area contributed by atoms with E-state index < -0.39 is 0 Å². The molecule has 0 aromatic heterocycles. The van der Waals surface area contributed by atoms with Gasteiger partial charge in [0.25, 0.3) is 0 Å². The van der Waals surface area contributed by atoms with E-state index in [-0.39, 0.29) is 5.54 Å². The summed E-state index contributed by atoms with van der Waals surface area (Å²) in [4.78, 5) is 0. The Morgan fingerprint density at radius 3 is 2.65 bits per heavy atom. The van der Waals surface area contributed by atoms with E-state index in [2.05, 4.69) is 6.92 Å². The van der Waals surface area contributed by atoms with Gasteiger partial charge in [-0.15, -0.1) is 0 Å². The molecule has 1 aliphatic rings. The summed E-state index contributed by atoms with van der Waals surface area (Å²) in [5, 5.41) is 0.754. The molecule has 112 valence electrons. The van der Waals surface area contributed by atoms with Gasteiger partial charge in [0, 0.05) is 10.6 Å². The number of hydrogen-bond acceptors (Lipinski definition) is 2. The van der Waals surface area contributed by atoms with Gasteiger partial charge in [0.2, 0.25) is 0 Å². The van der Waals surface area contributed by atoms with E-state index in [9.17, 15) is 0 Å². The molecule has 0 bridgehead atoms. The second kappa shape index (κ2) is 6.82. The normalized spacial score (nSPS) is 26.5. The number of rotatable bonds is 5. The summed E-state index contributed by atoms with van der Waals surface area (Å²) >= 11 is 6.10. The summed E-state index contributed by atoms with van der Waals surface area (Å²) in [5.41, 5.74) is 7.67. The molecule has 0 aliphatic heterocycles. The van der Waals surface area contributed by atoms with Crippen LogP contribution in [0, 0.1) is 5.92 Å². The molecular weight excluding hydrogens is 270 g/mol. The first-order valence-electron chi connectivity index (χ1n) is 7.67. The molecule has 2 nitrogen and oxygen atoms in total. The first-order chi connectivity index (χ1) is 9.56. The number of hydrogen-bond donors (Lipinski definition) is 1. The van der Waals surface area contributed by atoms with E-state index >= 15 is 0 Å². The highest BCUT2D eigenvalue weighted by atomic mass is 35.5. The minimum atomic E-state index is -0.0950. The number of methoxy groups -OCH3 is 1. The first-order valence-corrected chi connectivity index (χ1v) is 8.05. The molecule has 2 rings (SSSR count). The van der Waals surface area contributed by atoms with Crippen LogP contribution in [0.1, 0.15) is 51.0 Å². The maximum Gasteiger partial charge on any atom is 0.122 e. The summed E-state index contributed by atoms with van der Waals surface area (Å²) in [5.74, 6) is 1.77. The third kappa shape index (κ3) is 3.89. The van der Waals surface area contributed by atoms with E-state index in [4.69, 9.17) is 22.1 Å². The van der Waals surface area contributed by atoms with Gasteiger partial charge in [-0.25, -0.2) is 0 Å². The van der Waals surface area contributed by atoms with Gasteiger partial charge in [-0.05, 0) is 61.8 Å². The lowest BCUT2D eigenvalue weighted by molar-refractivity contribution is 0.222. The van der Waals surface area contributed by atoms with Crippen molar-refractivity contribution in [3.05, 3.63) is 28.8 Å². The van der Waals surface area contributed by atoms with Gasteiger partial charge in [0.05, 0.1) is 7.11 Å². The standard InChI is InChI=1S/C17H26ClNO/c1-3-4-13-7-9-17(19,10-8-13)12-14-11-15(18)5-6-16(14)20-2/h5-6,11,13H,3-4,7-10,12,19H2,1-2H3. The molecule has 0 heterocycles. The lowest BCUT2D eigenvalue weighted by Crippen LogP contribution is -2.45. The van der Waals surface area contributed by atoms with E-state index in [1.54, 1.807) is 7.11 Å². The summed E-state index contributed by atoms with van der Waals surface area (Å²) in [7, 11) is 1.70. The Balaban J connectivity index is 2.04. The topological polar surface area (TPSA) is 35.2 Å². The van der Waals surface area contributed by atoms with Crippen molar-refractivity contribution in [2.45, 2.75) is 57.4 Å². The Kier molecular flexibility index (Phi) is 5.34. The van der Waals surface area contributed by atoms with E-state index in [1.165, 1.54) is 25.7 Å². The van der Waals surface area contributed by atoms with Crippen molar-refractivity contribution in [2.24, 2.45) is 11.7 Å². The SMILES string of the molecule is CCCC1CCC(N)(Cc2cc(Cl)ccc2OC)CC1. The lowest BCUT2D eigenvalue weighted by atomic mass is 9.73. The van der Waals surface area contributed by atoms with E-state index in [0.717, 1.165) is 41.5 Å². The molecule has 0 spiro atoms. The van der Waals surface area contributed by atoms with Crippen molar-refractivity contribution < 1.29 is 4.74 Å². The lowest BCUT2D eigenvalue weighted by Gasteiger charge is -2.37. The van der Waals surface area contributed by atoms with Gasteiger partial charge in [-0.2, -0.15) is 0 Å². The predicted molar refractivity (Wildman–Crippen MR) is 85.5 cm³/mol. The van der Waals surface area contributed by atoms with Gasteiger partial charge in [-0.1, -0.05) is 31.4 Å². The molecule has 3 heteroatoms. The van der Waals surface area contributed by atoms with Crippen molar-refractivity contribution in [3.63, 3.8) is 0 Å². The molecule has 1 aliphatic carbocycles. The van der Waals surface area contributed by atoms with Crippen molar-refractivity contribution in [2.75, 3.05) is 7.11 Å². The zero-order chi connectivity index (χ0) is 14.6. The van der Waals surface area contributed by atoms with E-state index in [1.807, 2.05) is 18.2 Å². The molecule has 1 fully saturated rings. The Morgan fingerprint density at radius 1 is 1.35 bits per heavy atom. The van der Waals surface area contributed by atoms with Gasteiger partial charge in [-0.3, -0.25) is 0 Å². The maximum atomic E-state index is 6.62. The average Bonchev–Trinajstić information content (AvgIpc) is 2.42. The molecule has 0 saturated heterocycles. The Bertz CT molecular complexity index is 439. The van der Waals surface area contributed by atoms with Crippen LogP contribution in [0.4, 0.5) is 0 Å². The van der Waals surface area contributed by atoms with E-state index in [0.29, 0.717) is 0 Å². The van der Waals surface area contributed by atoms with Crippen LogP contribution in [0.2, 0.25) is 5.02 Å². The van der Waals surface area contributed by atoms with Crippen molar-refractivity contribution in [3.8, 4) is 5.75 Å². The molecular formula is C17H26ClNO. The van der Waals surface area contributed by atoms with Crippen LogP contribution in [-0.4, -0.2) is 12.6 Å². The van der Waals surface area contributed by atoms with Crippen LogP contribution < -0.4 is 10.5 Å². The molecule has 2 N–H and O–H groups in total. The van der Waals surface area contributed by atoms with Crippen molar-refractivity contribution in [1.82, 2.24) is 0 Å². The molecule has 0 atom stereocenters. The molecule has 1 saturated carbocycles. The third-order valence-electron chi connectivity index (χ3n) is 4.58. The number of halogens is 1. The molecule has 0 unspecified atom stereocenters. The van der Waals surface area contributed by atoms with Crippen LogP contribution in [0.15, 0.2) is 18.2 Å². The second-order valence-electron chi connectivity index (χ2n) is 6.23. The average molecular weight is 296 g/mol. The third-order valence-corrected chi connectivity index (χ3v) is 4.82. The fourth-order valence-electron chi connectivity index (χ4n) is 3.39. The van der Waals surface area contributed by atoms with Crippen LogP contribution in [-0.2, 0) is 6.42 Å². The summed E-state index contributed by atoms with van der Waals surface area (Å²) < 4.78 is 5.43. The zero-order valence-electron chi connectivity index (χ0n) is 12.6. The quantitative estimate of drug-likeness (QED) is 0.863. The van der Waals surface area contributed by atoms with Gasteiger partial charge in [0.15, 0.2) is 0 Å². The summed E-state index contributed by atoms with van der Waals surface area (Å²) in [6.07, 6.45) is 8.21. The van der Waals surface area contributed by atoms with Gasteiger partial charge in [0.1, 0.15) is 5.75 Å².